The molecular weight excluding hydrogens is 310 g/mol. The molecule has 0 bridgehead atoms. The molecule has 0 aromatic heterocycles. The van der Waals surface area contributed by atoms with Crippen molar-refractivity contribution in [2.45, 2.75) is 12.1 Å². The summed E-state index contributed by atoms with van der Waals surface area (Å²) in [4.78, 5) is 12.1. The first-order valence-electron chi connectivity index (χ1n) is 6.73. The van der Waals surface area contributed by atoms with Crippen LogP contribution >= 0.6 is 0 Å². The molecule has 0 unspecified atom stereocenters. The molecule has 8 heteroatoms. The fourth-order valence-electron chi connectivity index (χ4n) is 2.36. The summed E-state index contributed by atoms with van der Waals surface area (Å²) in [5.74, 6) is 0.307. The molecule has 1 aromatic carbocycles. The zero-order valence-electron chi connectivity index (χ0n) is 12.4. The lowest BCUT2D eigenvalue weighted by atomic mass is 10.1. The van der Waals surface area contributed by atoms with Gasteiger partial charge in [0.15, 0.2) is 27.1 Å². The van der Waals surface area contributed by atoms with E-state index in [1.165, 1.54) is 14.2 Å². The van der Waals surface area contributed by atoms with E-state index in [1.54, 1.807) is 18.2 Å². The zero-order valence-corrected chi connectivity index (χ0v) is 13.2. The van der Waals surface area contributed by atoms with Crippen molar-refractivity contribution in [1.82, 2.24) is 5.32 Å². The van der Waals surface area contributed by atoms with Gasteiger partial charge < -0.3 is 19.9 Å². The van der Waals surface area contributed by atoms with Crippen LogP contribution in [0, 0.1) is 0 Å². The Hall–Kier alpha value is -1.64. The van der Waals surface area contributed by atoms with Crippen molar-refractivity contribution in [3.05, 3.63) is 23.8 Å². The Kier molecular flexibility index (Phi) is 5.05. The van der Waals surface area contributed by atoms with Crippen LogP contribution in [-0.2, 0) is 9.84 Å². The highest BCUT2D eigenvalue weighted by Crippen LogP contribution is 2.27. The molecule has 2 N–H and O–H groups in total. The first-order chi connectivity index (χ1) is 10.4. The molecule has 0 spiro atoms. The van der Waals surface area contributed by atoms with Gasteiger partial charge in [-0.25, -0.2) is 8.42 Å². The largest absolute Gasteiger partial charge is 0.493 e. The summed E-state index contributed by atoms with van der Waals surface area (Å²) in [7, 11) is -0.258. The molecule has 0 aliphatic carbocycles. The fraction of sp³-hybridized carbons (Fsp3) is 0.500. The molecule has 122 valence electrons. The monoisotopic (exact) mass is 329 g/mol. The molecule has 7 nitrogen and oxygen atoms in total. The minimum absolute atomic E-state index is 0.0628. The van der Waals surface area contributed by atoms with Gasteiger partial charge in [-0.3, -0.25) is 4.79 Å². The number of ketones is 1. The first-order valence-corrected chi connectivity index (χ1v) is 8.55. The van der Waals surface area contributed by atoms with Crippen molar-refractivity contribution >= 4 is 15.6 Å². The molecule has 1 aliphatic rings. The highest BCUT2D eigenvalue weighted by Gasteiger charge is 2.36. The van der Waals surface area contributed by atoms with Crippen LogP contribution in [0.15, 0.2) is 18.2 Å². The van der Waals surface area contributed by atoms with Crippen molar-refractivity contribution < 1.29 is 27.8 Å². The lowest BCUT2D eigenvalue weighted by Gasteiger charge is -2.14. The van der Waals surface area contributed by atoms with E-state index in [9.17, 15) is 18.3 Å². The fourth-order valence-corrected chi connectivity index (χ4v) is 4.14. The van der Waals surface area contributed by atoms with E-state index in [2.05, 4.69) is 5.32 Å². The summed E-state index contributed by atoms with van der Waals surface area (Å²) in [6.07, 6.45) is -0.983. The van der Waals surface area contributed by atoms with E-state index < -0.39 is 22.0 Å². The Morgan fingerprint density at radius 3 is 2.50 bits per heavy atom. The van der Waals surface area contributed by atoms with Crippen LogP contribution in [0.1, 0.15) is 10.4 Å². The average molecular weight is 329 g/mol. The van der Waals surface area contributed by atoms with Crippen molar-refractivity contribution in [2.75, 3.05) is 32.3 Å². The maximum absolute atomic E-state index is 12.1. The average Bonchev–Trinajstić information content (AvgIpc) is 2.76. The normalized spacial score (nSPS) is 23.2. The van der Waals surface area contributed by atoms with Gasteiger partial charge in [0.2, 0.25) is 0 Å². The van der Waals surface area contributed by atoms with Crippen molar-refractivity contribution in [1.29, 1.82) is 0 Å². The number of aliphatic hydroxyl groups is 1. The van der Waals surface area contributed by atoms with Gasteiger partial charge in [-0.05, 0) is 18.2 Å². The van der Waals surface area contributed by atoms with Crippen LogP contribution in [0.3, 0.4) is 0 Å². The number of benzene rings is 1. The number of nitrogens with one attached hydrogen (secondary N) is 1. The maximum Gasteiger partial charge on any atom is 0.176 e. The second-order valence-corrected chi connectivity index (χ2v) is 7.28. The smallest absolute Gasteiger partial charge is 0.176 e. The van der Waals surface area contributed by atoms with Gasteiger partial charge in [0.25, 0.3) is 0 Å². The number of ether oxygens (including phenoxy) is 2. The number of hydrogen-bond acceptors (Lipinski definition) is 7. The predicted octanol–water partition coefficient (Wildman–Crippen LogP) is -0.366. The summed E-state index contributed by atoms with van der Waals surface area (Å²) in [6, 6.07) is 4.17. The summed E-state index contributed by atoms with van der Waals surface area (Å²) < 4.78 is 33.0. The van der Waals surface area contributed by atoms with Gasteiger partial charge in [0, 0.05) is 11.6 Å². The quantitative estimate of drug-likeness (QED) is 0.687. The molecule has 0 amide bonds. The number of sulfone groups is 1. The third-order valence-corrected chi connectivity index (χ3v) is 5.27. The summed E-state index contributed by atoms with van der Waals surface area (Å²) in [6.45, 7) is -0.0628. The number of methoxy groups -OCH3 is 2. The molecule has 0 saturated carbocycles. The topological polar surface area (TPSA) is 102 Å². The SMILES string of the molecule is COc1ccc(C(=O)CN[C@@H]2CS(=O)(=O)C[C@H]2O)cc1OC. The number of rotatable bonds is 6. The highest BCUT2D eigenvalue weighted by molar-refractivity contribution is 7.91. The number of Topliss-reactive ketones (excluding diaryl/α,β-unsaturated/α-hetero) is 1. The number of hydrogen-bond donors (Lipinski definition) is 2. The van der Waals surface area contributed by atoms with Crippen LogP contribution < -0.4 is 14.8 Å². The zero-order chi connectivity index (χ0) is 16.3. The summed E-state index contributed by atoms with van der Waals surface area (Å²) >= 11 is 0. The number of carbonyl (C=O) groups is 1. The van der Waals surface area contributed by atoms with Gasteiger partial charge >= 0.3 is 0 Å². The van der Waals surface area contributed by atoms with Crippen LogP contribution in [0.25, 0.3) is 0 Å². The van der Waals surface area contributed by atoms with Crippen molar-refractivity contribution in [3.63, 3.8) is 0 Å². The van der Waals surface area contributed by atoms with E-state index in [0.717, 1.165) is 0 Å². The Bertz CT molecular complexity index is 657. The number of aliphatic hydroxyl groups excluding tert-OH is 1. The van der Waals surface area contributed by atoms with E-state index in [-0.39, 0.29) is 23.8 Å². The summed E-state index contributed by atoms with van der Waals surface area (Å²) in [5.41, 5.74) is 0.417. The van der Waals surface area contributed by atoms with Gasteiger partial charge in [0.05, 0.1) is 38.4 Å². The van der Waals surface area contributed by atoms with Crippen molar-refractivity contribution in [3.8, 4) is 11.5 Å². The predicted molar refractivity (Wildman–Crippen MR) is 80.3 cm³/mol. The molecule has 1 heterocycles. The van der Waals surface area contributed by atoms with Crippen LogP contribution in [0.4, 0.5) is 0 Å². The molecule has 1 aliphatic heterocycles. The molecular formula is C14H19NO6S. The number of carbonyl (C=O) groups excluding carboxylic acids is 1. The molecule has 1 saturated heterocycles. The maximum atomic E-state index is 12.1. The van der Waals surface area contributed by atoms with E-state index >= 15 is 0 Å². The third-order valence-electron chi connectivity index (χ3n) is 3.55. The second kappa shape index (κ2) is 6.64. The molecule has 2 rings (SSSR count). The first kappa shape index (κ1) is 16.7. The molecule has 0 radical (unpaired) electrons. The lowest BCUT2D eigenvalue weighted by molar-refractivity contribution is 0.0974. The lowest BCUT2D eigenvalue weighted by Crippen LogP contribution is -2.41. The van der Waals surface area contributed by atoms with Gasteiger partial charge in [-0.2, -0.15) is 0 Å². The van der Waals surface area contributed by atoms with E-state index in [1.807, 2.05) is 0 Å². The Morgan fingerprint density at radius 1 is 1.27 bits per heavy atom. The van der Waals surface area contributed by atoms with Gasteiger partial charge in [-0.15, -0.1) is 0 Å². The molecule has 1 fully saturated rings. The Morgan fingerprint density at radius 2 is 1.95 bits per heavy atom. The molecule has 2 atom stereocenters. The van der Waals surface area contributed by atoms with E-state index in [0.29, 0.717) is 17.1 Å². The van der Waals surface area contributed by atoms with Crippen LogP contribution in [-0.4, -0.2) is 63.7 Å². The molecule has 1 aromatic rings. The van der Waals surface area contributed by atoms with Gasteiger partial charge in [0.1, 0.15) is 0 Å². The second-order valence-electron chi connectivity index (χ2n) is 5.12. The highest BCUT2D eigenvalue weighted by atomic mass is 32.2. The minimum Gasteiger partial charge on any atom is -0.493 e. The summed E-state index contributed by atoms with van der Waals surface area (Å²) in [5, 5.41) is 12.5. The standard InChI is InChI=1S/C14H19NO6S/c1-20-13-4-3-9(5-14(13)21-2)11(16)6-15-10-7-22(18,19)8-12(10)17/h3-5,10,12,15,17H,6-8H2,1-2H3/t10-,12-/m1/s1. The third kappa shape index (κ3) is 3.76. The van der Waals surface area contributed by atoms with Gasteiger partial charge in [-0.1, -0.05) is 0 Å². The minimum atomic E-state index is -3.24. The Balaban J connectivity index is 2.01. The van der Waals surface area contributed by atoms with Crippen LogP contribution in [0.2, 0.25) is 0 Å². The van der Waals surface area contributed by atoms with E-state index in [4.69, 9.17) is 9.47 Å². The Labute approximate surface area is 129 Å². The van der Waals surface area contributed by atoms with Crippen LogP contribution in [0.5, 0.6) is 11.5 Å². The molecule has 22 heavy (non-hydrogen) atoms. The van der Waals surface area contributed by atoms with Crippen molar-refractivity contribution in [2.24, 2.45) is 0 Å².